The van der Waals surface area contributed by atoms with Crippen LogP contribution in [0.5, 0.6) is 5.75 Å². The molecule has 168 valence electrons. The molecule has 0 aliphatic carbocycles. The van der Waals surface area contributed by atoms with Gasteiger partial charge < -0.3 is 10.1 Å². The number of ether oxygens (including phenoxy) is 1. The molecule has 0 spiro atoms. The van der Waals surface area contributed by atoms with E-state index < -0.39 is 10.0 Å². The van der Waals surface area contributed by atoms with Gasteiger partial charge in [-0.1, -0.05) is 33.6 Å². The molecule has 0 unspecified atom stereocenters. The van der Waals surface area contributed by atoms with Crippen LogP contribution in [0.25, 0.3) is 0 Å². The van der Waals surface area contributed by atoms with Gasteiger partial charge in [0.25, 0.3) is 5.91 Å². The standard InChI is InChI=1S/C23H22BrClN2O4S/c1-3-31-22-12-7-16(23(28)26-20-6-4-5-18(24)14-20)13-17(22)15-27(2)32(29,30)21-10-8-19(25)9-11-21/h4-14H,3,15H2,1-2H3,(H,26,28). The third-order valence-corrected chi connectivity index (χ3v) is 7.18. The average Bonchev–Trinajstić information content (AvgIpc) is 2.75. The number of nitrogens with one attached hydrogen (secondary N) is 1. The molecule has 0 saturated heterocycles. The second-order valence-electron chi connectivity index (χ2n) is 6.93. The molecule has 9 heteroatoms. The molecule has 0 aliphatic rings. The minimum atomic E-state index is -3.76. The average molecular weight is 538 g/mol. The van der Waals surface area contributed by atoms with Crippen molar-refractivity contribution >= 4 is 49.1 Å². The summed E-state index contributed by atoms with van der Waals surface area (Å²) in [5.74, 6) is 0.209. The first-order chi connectivity index (χ1) is 15.2. The molecular weight excluding hydrogens is 516 g/mol. The second kappa shape index (κ2) is 10.5. The fourth-order valence-corrected chi connectivity index (χ4v) is 4.70. The summed E-state index contributed by atoms with van der Waals surface area (Å²) in [5, 5.41) is 3.29. The van der Waals surface area contributed by atoms with Gasteiger partial charge in [-0.25, -0.2) is 8.42 Å². The van der Waals surface area contributed by atoms with Crippen LogP contribution in [0.4, 0.5) is 5.69 Å². The minimum Gasteiger partial charge on any atom is -0.494 e. The first kappa shape index (κ1) is 24.3. The molecule has 3 rings (SSSR count). The molecule has 0 fully saturated rings. The summed E-state index contributed by atoms with van der Waals surface area (Å²) < 4.78 is 33.7. The molecule has 0 atom stereocenters. The van der Waals surface area contributed by atoms with Crippen molar-refractivity contribution in [2.75, 3.05) is 19.0 Å². The smallest absolute Gasteiger partial charge is 0.255 e. The van der Waals surface area contributed by atoms with E-state index in [-0.39, 0.29) is 17.3 Å². The van der Waals surface area contributed by atoms with E-state index in [0.29, 0.717) is 34.2 Å². The number of nitrogens with zero attached hydrogens (tertiary/aromatic N) is 1. The van der Waals surface area contributed by atoms with Gasteiger partial charge in [0.05, 0.1) is 11.5 Å². The summed E-state index contributed by atoms with van der Waals surface area (Å²) >= 11 is 9.25. The number of rotatable bonds is 8. The second-order valence-corrected chi connectivity index (χ2v) is 10.3. The number of benzene rings is 3. The monoisotopic (exact) mass is 536 g/mol. The predicted octanol–water partition coefficient (Wildman–Crippen LogP) is 5.57. The maximum absolute atomic E-state index is 13.0. The molecule has 0 aliphatic heterocycles. The predicted molar refractivity (Wildman–Crippen MR) is 130 cm³/mol. The Kier molecular flexibility index (Phi) is 7.95. The molecule has 0 saturated carbocycles. The fraction of sp³-hybridized carbons (Fsp3) is 0.174. The number of amides is 1. The lowest BCUT2D eigenvalue weighted by atomic mass is 10.1. The maximum Gasteiger partial charge on any atom is 0.255 e. The van der Waals surface area contributed by atoms with E-state index in [2.05, 4.69) is 21.2 Å². The highest BCUT2D eigenvalue weighted by atomic mass is 79.9. The molecule has 1 N–H and O–H groups in total. The van der Waals surface area contributed by atoms with Crippen molar-refractivity contribution in [2.45, 2.75) is 18.4 Å². The summed E-state index contributed by atoms with van der Waals surface area (Å²) in [4.78, 5) is 12.9. The topological polar surface area (TPSA) is 75.7 Å². The molecular formula is C23H22BrClN2O4S. The first-order valence-corrected chi connectivity index (χ1v) is 12.4. The zero-order valence-corrected chi connectivity index (χ0v) is 20.7. The Balaban J connectivity index is 1.87. The molecule has 0 radical (unpaired) electrons. The molecule has 0 bridgehead atoms. The number of carbonyl (C=O) groups excluding carboxylic acids is 1. The number of halogens is 2. The maximum atomic E-state index is 13.0. The van der Waals surface area contributed by atoms with Gasteiger partial charge in [0.15, 0.2) is 0 Å². The quantitative estimate of drug-likeness (QED) is 0.407. The Hall–Kier alpha value is -2.39. The van der Waals surface area contributed by atoms with Crippen molar-refractivity contribution in [1.82, 2.24) is 4.31 Å². The van der Waals surface area contributed by atoms with E-state index in [1.54, 1.807) is 30.3 Å². The van der Waals surface area contributed by atoms with Crippen LogP contribution in [-0.4, -0.2) is 32.3 Å². The van der Waals surface area contributed by atoms with Gasteiger partial charge in [0.2, 0.25) is 10.0 Å². The van der Waals surface area contributed by atoms with Crippen molar-refractivity contribution in [3.05, 3.63) is 87.4 Å². The van der Waals surface area contributed by atoms with Crippen molar-refractivity contribution in [1.29, 1.82) is 0 Å². The first-order valence-electron chi connectivity index (χ1n) is 9.75. The molecule has 32 heavy (non-hydrogen) atoms. The van der Waals surface area contributed by atoms with E-state index in [0.717, 1.165) is 4.47 Å². The van der Waals surface area contributed by atoms with Crippen LogP contribution in [0.3, 0.4) is 0 Å². The Morgan fingerprint density at radius 3 is 2.47 bits per heavy atom. The van der Waals surface area contributed by atoms with Crippen LogP contribution in [0.2, 0.25) is 5.02 Å². The lowest BCUT2D eigenvalue weighted by Crippen LogP contribution is -2.27. The van der Waals surface area contributed by atoms with E-state index in [1.165, 1.54) is 35.6 Å². The Morgan fingerprint density at radius 1 is 1.09 bits per heavy atom. The third kappa shape index (κ3) is 5.89. The van der Waals surface area contributed by atoms with Crippen LogP contribution in [-0.2, 0) is 16.6 Å². The van der Waals surface area contributed by atoms with E-state index >= 15 is 0 Å². The number of carbonyl (C=O) groups is 1. The number of hydrogen-bond donors (Lipinski definition) is 1. The number of sulfonamides is 1. The molecule has 3 aromatic carbocycles. The highest BCUT2D eigenvalue weighted by molar-refractivity contribution is 9.10. The number of anilines is 1. The molecule has 3 aromatic rings. The van der Waals surface area contributed by atoms with E-state index in [4.69, 9.17) is 16.3 Å². The summed E-state index contributed by atoms with van der Waals surface area (Å²) in [7, 11) is -2.28. The normalized spacial score (nSPS) is 11.4. The largest absolute Gasteiger partial charge is 0.494 e. The number of hydrogen-bond acceptors (Lipinski definition) is 4. The van der Waals surface area contributed by atoms with Gasteiger partial charge in [-0.3, -0.25) is 4.79 Å². The lowest BCUT2D eigenvalue weighted by Gasteiger charge is -2.20. The van der Waals surface area contributed by atoms with E-state index in [9.17, 15) is 13.2 Å². The van der Waals surface area contributed by atoms with Crippen molar-refractivity contribution in [2.24, 2.45) is 0 Å². The van der Waals surface area contributed by atoms with Crippen LogP contribution >= 0.6 is 27.5 Å². The Labute approximate surface area is 201 Å². The zero-order chi connectivity index (χ0) is 23.3. The minimum absolute atomic E-state index is 0.0261. The van der Waals surface area contributed by atoms with Gasteiger partial charge in [0.1, 0.15) is 5.75 Å². The molecule has 1 amide bonds. The highest BCUT2D eigenvalue weighted by Gasteiger charge is 2.23. The van der Waals surface area contributed by atoms with Crippen LogP contribution in [0.15, 0.2) is 76.1 Å². The highest BCUT2D eigenvalue weighted by Crippen LogP contribution is 2.26. The van der Waals surface area contributed by atoms with Gasteiger partial charge >= 0.3 is 0 Å². The van der Waals surface area contributed by atoms with Crippen LogP contribution in [0, 0.1) is 0 Å². The lowest BCUT2D eigenvalue weighted by molar-refractivity contribution is 0.102. The van der Waals surface area contributed by atoms with Crippen molar-refractivity contribution in [3.8, 4) is 5.75 Å². The van der Waals surface area contributed by atoms with Crippen molar-refractivity contribution in [3.63, 3.8) is 0 Å². The Bertz CT molecular complexity index is 1220. The van der Waals surface area contributed by atoms with Gasteiger partial charge in [-0.15, -0.1) is 0 Å². The van der Waals surface area contributed by atoms with E-state index in [1.807, 2.05) is 19.1 Å². The summed E-state index contributed by atoms with van der Waals surface area (Å²) in [6.45, 7) is 2.27. The summed E-state index contributed by atoms with van der Waals surface area (Å²) in [6, 6.07) is 18.2. The molecule has 0 heterocycles. The molecule has 6 nitrogen and oxygen atoms in total. The Morgan fingerprint density at radius 2 is 1.81 bits per heavy atom. The summed E-state index contributed by atoms with van der Waals surface area (Å²) in [5.41, 5.74) is 1.61. The third-order valence-electron chi connectivity index (χ3n) is 4.62. The summed E-state index contributed by atoms with van der Waals surface area (Å²) in [6.07, 6.45) is 0. The van der Waals surface area contributed by atoms with Crippen LogP contribution in [0.1, 0.15) is 22.8 Å². The molecule has 0 aromatic heterocycles. The SMILES string of the molecule is CCOc1ccc(C(=O)Nc2cccc(Br)c2)cc1CN(C)S(=O)(=O)c1ccc(Cl)cc1. The zero-order valence-electron chi connectivity index (χ0n) is 17.5. The van der Waals surface area contributed by atoms with Crippen molar-refractivity contribution < 1.29 is 17.9 Å². The van der Waals surface area contributed by atoms with Gasteiger partial charge in [-0.05, 0) is 67.6 Å². The van der Waals surface area contributed by atoms with Gasteiger partial charge in [0, 0.05) is 39.9 Å². The van der Waals surface area contributed by atoms with Gasteiger partial charge in [-0.2, -0.15) is 4.31 Å². The van der Waals surface area contributed by atoms with Crippen LogP contribution < -0.4 is 10.1 Å². The fourth-order valence-electron chi connectivity index (χ4n) is 3.02.